The van der Waals surface area contributed by atoms with Gasteiger partial charge in [0.25, 0.3) is 0 Å². The molecule has 1 heterocycles. The fourth-order valence-electron chi connectivity index (χ4n) is 2.66. The van der Waals surface area contributed by atoms with Gasteiger partial charge in [-0.2, -0.15) is 13.2 Å². The molecule has 0 aliphatic carbocycles. The minimum Gasteiger partial charge on any atom is -0.286 e. The van der Waals surface area contributed by atoms with Crippen molar-refractivity contribution < 1.29 is 17.6 Å². The molecule has 0 N–H and O–H groups in total. The Kier molecular flexibility index (Phi) is 5.48. The van der Waals surface area contributed by atoms with Crippen molar-refractivity contribution in [2.75, 3.05) is 13.1 Å². The lowest BCUT2D eigenvalue weighted by Crippen LogP contribution is -2.33. The normalized spacial score (nSPS) is 17.3. The highest BCUT2D eigenvalue weighted by molar-refractivity contribution is 5.36. The smallest absolute Gasteiger partial charge is 0.286 e. The van der Waals surface area contributed by atoms with Crippen LogP contribution in [0.2, 0.25) is 0 Å². The van der Waals surface area contributed by atoms with E-state index in [-0.39, 0.29) is 5.56 Å². The SMILES string of the molecule is C=C(C)C#CC(c1cc(C(F)(F)F)ccc1F)N1CCCCC1. The third kappa shape index (κ3) is 4.59. The van der Waals surface area contributed by atoms with Gasteiger partial charge < -0.3 is 0 Å². The zero-order valence-corrected chi connectivity index (χ0v) is 13.0. The number of likely N-dealkylation sites (tertiary alicyclic amines) is 1. The maximum Gasteiger partial charge on any atom is 0.416 e. The van der Waals surface area contributed by atoms with Gasteiger partial charge in [0.15, 0.2) is 0 Å². The van der Waals surface area contributed by atoms with Crippen LogP contribution in [0.5, 0.6) is 0 Å². The Balaban J connectivity index is 2.46. The van der Waals surface area contributed by atoms with E-state index < -0.39 is 23.6 Å². The van der Waals surface area contributed by atoms with Crippen LogP contribution in [0.25, 0.3) is 0 Å². The minimum atomic E-state index is -4.50. The summed E-state index contributed by atoms with van der Waals surface area (Å²) in [5, 5.41) is 0. The first-order chi connectivity index (χ1) is 10.8. The summed E-state index contributed by atoms with van der Waals surface area (Å²) in [7, 11) is 0. The highest BCUT2D eigenvalue weighted by Gasteiger charge is 2.33. The van der Waals surface area contributed by atoms with E-state index in [1.165, 1.54) is 0 Å². The predicted molar refractivity (Wildman–Crippen MR) is 82.2 cm³/mol. The first-order valence-electron chi connectivity index (χ1n) is 7.57. The van der Waals surface area contributed by atoms with Crippen molar-refractivity contribution in [3.05, 3.63) is 47.3 Å². The molecule has 1 unspecified atom stereocenters. The standard InChI is InChI=1S/C18H19F4N/c1-13(2)6-9-17(23-10-4-3-5-11-23)15-12-14(18(20,21)22)7-8-16(15)19/h7-8,12,17H,1,3-5,10-11H2,2H3. The molecule has 0 spiro atoms. The van der Waals surface area contributed by atoms with Gasteiger partial charge in [-0.25, -0.2) is 4.39 Å². The van der Waals surface area contributed by atoms with Crippen LogP contribution in [0.1, 0.15) is 43.4 Å². The Morgan fingerprint density at radius 1 is 1.22 bits per heavy atom. The maximum absolute atomic E-state index is 14.2. The molecular formula is C18H19F4N. The maximum atomic E-state index is 14.2. The number of halogens is 4. The van der Waals surface area contributed by atoms with Crippen molar-refractivity contribution in [1.82, 2.24) is 4.90 Å². The molecular weight excluding hydrogens is 306 g/mol. The molecule has 5 heteroatoms. The molecule has 1 saturated heterocycles. The number of rotatable bonds is 2. The second-order valence-electron chi connectivity index (χ2n) is 5.78. The Bertz CT molecular complexity index is 631. The third-order valence-corrected chi connectivity index (χ3v) is 3.80. The van der Waals surface area contributed by atoms with Gasteiger partial charge in [0.05, 0.1) is 5.56 Å². The van der Waals surface area contributed by atoms with Crippen LogP contribution in [0.15, 0.2) is 30.4 Å². The van der Waals surface area contributed by atoms with E-state index in [0.29, 0.717) is 18.7 Å². The number of piperidine rings is 1. The molecule has 1 fully saturated rings. The van der Waals surface area contributed by atoms with Crippen molar-refractivity contribution in [3.8, 4) is 11.8 Å². The Morgan fingerprint density at radius 2 is 1.87 bits per heavy atom. The van der Waals surface area contributed by atoms with E-state index >= 15 is 0 Å². The molecule has 1 aromatic carbocycles. The molecule has 2 rings (SSSR count). The van der Waals surface area contributed by atoms with Gasteiger partial charge in [0, 0.05) is 5.56 Å². The largest absolute Gasteiger partial charge is 0.416 e. The minimum absolute atomic E-state index is 0.0181. The molecule has 0 aromatic heterocycles. The number of allylic oxidation sites excluding steroid dienone is 1. The van der Waals surface area contributed by atoms with Crippen molar-refractivity contribution in [1.29, 1.82) is 0 Å². The van der Waals surface area contributed by atoms with Crippen LogP contribution in [0.4, 0.5) is 17.6 Å². The number of alkyl halides is 3. The van der Waals surface area contributed by atoms with Crippen LogP contribution in [-0.2, 0) is 6.18 Å². The summed E-state index contributed by atoms with van der Waals surface area (Å²) in [5.41, 5.74) is -0.275. The van der Waals surface area contributed by atoms with E-state index in [1.54, 1.807) is 6.92 Å². The molecule has 0 saturated carbocycles. The van der Waals surface area contributed by atoms with Crippen LogP contribution in [0, 0.1) is 17.7 Å². The van der Waals surface area contributed by atoms with Gasteiger partial charge in [-0.15, -0.1) is 0 Å². The summed E-state index contributed by atoms with van der Waals surface area (Å²) in [4.78, 5) is 1.94. The fraction of sp³-hybridized carbons (Fsp3) is 0.444. The number of benzene rings is 1. The summed E-state index contributed by atoms with van der Waals surface area (Å²) in [5.74, 6) is 5.02. The van der Waals surface area contributed by atoms with E-state index in [1.807, 2.05) is 4.90 Å². The van der Waals surface area contributed by atoms with E-state index in [9.17, 15) is 17.6 Å². The van der Waals surface area contributed by atoms with Gasteiger partial charge in [0.2, 0.25) is 0 Å². The van der Waals surface area contributed by atoms with Gasteiger partial charge >= 0.3 is 6.18 Å². The first kappa shape index (κ1) is 17.6. The van der Waals surface area contributed by atoms with Crippen LogP contribution in [-0.4, -0.2) is 18.0 Å². The van der Waals surface area contributed by atoms with E-state index in [0.717, 1.165) is 37.5 Å². The molecule has 1 atom stereocenters. The highest BCUT2D eigenvalue weighted by Crippen LogP contribution is 2.34. The average molecular weight is 325 g/mol. The Morgan fingerprint density at radius 3 is 2.43 bits per heavy atom. The summed E-state index contributed by atoms with van der Waals surface area (Å²) in [6, 6.07) is 1.83. The molecule has 1 aromatic rings. The number of hydrogen-bond donors (Lipinski definition) is 0. The van der Waals surface area contributed by atoms with Crippen LogP contribution < -0.4 is 0 Å². The molecule has 1 nitrogen and oxygen atoms in total. The average Bonchev–Trinajstić information content (AvgIpc) is 2.48. The van der Waals surface area contributed by atoms with Gasteiger partial charge in [-0.05, 0) is 56.6 Å². The summed E-state index contributed by atoms with van der Waals surface area (Å²) in [6.45, 7) is 6.79. The highest BCUT2D eigenvalue weighted by atomic mass is 19.4. The predicted octanol–water partition coefficient (Wildman–Crippen LogP) is 4.95. The Hall–Kier alpha value is -1.80. The van der Waals surface area contributed by atoms with Crippen molar-refractivity contribution in [3.63, 3.8) is 0 Å². The summed E-state index contributed by atoms with van der Waals surface area (Å²) < 4.78 is 53.0. The van der Waals surface area contributed by atoms with Crippen molar-refractivity contribution in [2.24, 2.45) is 0 Å². The van der Waals surface area contributed by atoms with Crippen molar-refractivity contribution >= 4 is 0 Å². The second-order valence-corrected chi connectivity index (χ2v) is 5.78. The Labute approximate surface area is 134 Å². The molecule has 1 aliphatic heterocycles. The molecule has 0 amide bonds. The molecule has 1 aliphatic rings. The van der Waals surface area contributed by atoms with Gasteiger partial charge in [0.1, 0.15) is 11.9 Å². The zero-order valence-electron chi connectivity index (χ0n) is 13.0. The van der Waals surface area contributed by atoms with Crippen molar-refractivity contribution in [2.45, 2.75) is 38.4 Å². The van der Waals surface area contributed by atoms with E-state index in [2.05, 4.69) is 18.4 Å². The van der Waals surface area contributed by atoms with E-state index in [4.69, 9.17) is 0 Å². The van der Waals surface area contributed by atoms with Gasteiger partial charge in [-0.3, -0.25) is 4.90 Å². The number of nitrogens with zero attached hydrogens (tertiary/aromatic N) is 1. The molecule has 0 radical (unpaired) electrons. The zero-order chi connectivity index (χ0) is 17.0. The quantitative estimate of drug-likeness (QED) is 0.549. The first-order valence-corrected chi connectivity index (χ1v) is 7.57. The summed E-state index contributed by atoms with van der Waals surface area (Å²) >= 11 is 0. The monoisotopic (exact) mass is 325 g/mol. The molecule has 0 bridgehead atoms. The fourth-order valence-corrected chi connectivity index (χ4v) is 2.66. The molecule has 124 valence electrons. The number of hydrogen-bond acceptors (Lipinski definition) is 1. The summed E-state index contributed by atoms with van der Waals surface area (Å²) in [6.07, 6.45) is -1.56. The second kappa shape index (κ2) is 7.18. The van der Waals surface area contributed by atoms with Crippen LogP contribution in [0.3, 0.4) is 0 Å². The molecule has 23 heavy (non-hydrogen) atoms. The van der Waals surface area contributed by atoms with Gasteiger partial charge in [-0.1, -0.05) is 24.8 Å². The lowest BCUT2D eigenvalue weighted by Gasteiger charge is -2.32. The lowest BCUT2D eigenvalue weighted by molar-refractivity contribution is -0.137. The lowest BCUT2D eigenvalue weighted by atomic mass is 9.99. The van der Waals surface area contributed by atoms with Crippen LogP contribution >= 0.6 is 0 Å². The topological polar surface area (TPSA) is 3.24 Å². The third-order valence-electron chi connectivity index (χ3n) is 3.80.